The van der Waals surface area contributed by atoms with Crippen LogP contribution in [0.1, 0.15) is 33.6 Å². The molecule has 0 atom stereocenters. The van der Waals surface area contributed by atoms with Crippen molar-refractivity contribution in [1.82, 2.24) is 4.37 Å². The van der Waals surface area contributed by atoms with Crippen LogP contribution >= 0.6 is 11.5 Å². The Hall–Kier alpha value is -0.820. The van der Waals surface area contributed by atoms with E-state index in [9.17, 15) is 8.42 Å². The lowest BCUT2D eigenvalue weighted by molar-refractivity contribution is 0.494. The minimum absolute atomic E-state index is 0.0359. The maximum atomic E-state index is 12.0. The van der Waals surface area contributed by atoms with Crippen molar-refractivity contribution in [1.29, 1.82) is 0 Å². The molecule has 0 unspecified atom stereocenters. The van der Waals surface area contributed by atoms with Crippen molar-refractivity contribution in [3.63, 3.8) is 0 Å². The van der Waals surface area contributed by atoms with Crippen LogP contribution in [0.25, 0.3) is 0 Å². The minimum atomic E-state index is -3.33. The average molecular weight is 289 g/mol. The lowest BCUT2D eigenvalue weighted by atomic mass is 9.99. The fourth-order valence-corrected chi connectivity index (χ4v) is 4.33. The summed E-state index contributed by atoms with van der Waals surface area (Å²) in [6, 6.07) is 0. The van der Waals surface area contributed by atoms with Gasteiger partial charge in [-0.05, 0) is 44.1 Å². The van der Waals surface area contributed by atoms with Crippen LogP contribution in [-0.4, -0.2) is 24.1 Å². The van der Waals surface area contributed by atoms with E-state index < -0.39 is 9.84 Å². The highest BCUT2D eigenvalue weighted by molar-refractivity contribution is 7.91. The van der Waals surface area contributed by atoms with E-state index in [0.717, 1.165) is 11.5 Å². The predicted molar refractivity (Wildman–Crippen MR) is 74.7 cm³/mol. The molecule has 0 aromatic carbocycles. The number of nitrogen functional groups attached to an aromatic ring is 1. The first-order valence-electron chi connectivity index (χ1n) is 6.04. The van der Waals surface area contributed by atoms with Crippen molar-refractivity contribution < 1.29 is 8.42 Å². The molecule has 1 aromatic heterocycles. The van der Waals surface area contributed by atoms with Crippen LogP contribution in [0.4, 0.5) is 10.8 Å². The van der Waals surface area contributed by atoms with Crippen LogP contribution < -0.4 is 11.1 Å². The highest BCUT2D eigenvalue weighted by Crippen LogP contribution is 2.43. The molecule has 2 rings (SSSR count). The summed E-state index contributed by atoms with van der Waals surface area (Å²) in [5.41, 5.74) is 5.58. The molecule has 0 radical (unpaired) electrons. The van der Waals surface area contributed by atoms with E-state index >= 15 is 0 Å². The Bertz CT molecular complexity index is 545. The van der Waals surface area contributed by atoms with E-state index in [-0.39, 0.29) is 22.0 Å². The average Bonchev–Trinajstić information content (AvgIpc) is 3.05. The number of aromatic nitrogens is 1. The number of hydrogen-bond donors (Lipinski definition) is 2. The zero-order valence-corrected chi connectivity index (χ0v) is 12.5. The van der Waals surface area contributed by atoms with Gasteiger partial charge in [-0.1, -0.05) is 6.92 Å². The fourth-order valence-electron chi connectivity index (χ4n) is 2.02. The first kappa shape index (κ1) is 13.6. The number of nitrogens with two attached hydrogens (primary N) is 1. The van der Waals surface area contributed by atoms with Crippen molar-refractivity contribution in [2.75, 3.05) is 16.8 Å². The number of anilines is 2. The van der Waals surface area contributed by atoms with E-state index in [2.05, 4.69) is 23.5 Å². The number of nitrogens with one attached hydrogen (secondary N) is 1. The zero-order chi connectivity index (χ0) is 13.6. The third-order valence-corrected chi connectivity index (χ3v) is 6.10. The van der Waals surface area contributed by atoms with Crippen LogP contribution in [0.2, 0.25) is 0 Å². The van der Waals surface area contributed by atoms with Gasteiger partial charge >= 0.3 is 0 Å². The van der Waals surface area contributed by atoms with E-state index in [4.69, 9.17) is 5.73 Å². The lowest BCUT2D eigenvalue weighted by Crippen LogP contribution is -2.33. The number of rotatable bonds is 5. The first-order chi connectivity index (χ1) is 8.28. The Balaban J connectivity index is 2.35. The second-order valence-electron chi connectivity index (χ2n) is 5.25. The second kappa shape index (κ2) is 4.38. The molecule has 3 N–H and O–H groups in total. The SMILES string of the molecule is CCS(=O)(=O)c1c(N)nsc1NC(C)(C)C1CC1. The molecule has 7 heteroatoms. The Morgan fingerprint density at radius 2 is 2.11 bits per heavy atom. The summed E-state index contributed by atoms with van der Waals surface area (Å²) in [4.78, 5) is 0.170. The quantitative estimate of drug-likeness (QED) is 0.867. The molecule has 102 valence electrons. The van der Waals surface area contributed by atoms with E-state index in [1.807, 2.05) is 0 Å². The van der Waals surface area contributed by atoms with Gasteiger partial charge in [-0.3, -0.25) is 0 Å². The van der Waals surface area contributed by atoms with Crippen molar-refractivity contribution in [3.8, 4) is 0 Å². The summed E-state index contributed by atoms with van der Waals surface area (Å²) in [5.74, 6) is 0.739. The van der Waals surface area contributed by atoms with Gasteiger partial charge in [0, 0.05) is 5.54 Å². The van der Waals surface area contributed by atoms with Gasteiger partial charge in [0.05, 0.1) is 5.75 Å². The maximum Gasteiger partial charge on any atom is 0.184 e. The van der Waals surface area contributed by atoms with Gasteiger partial charge in [-0.2, -0.15) is 4.37 Å². The summed E-state index contributed by atoms with van der Waals surface area (Å²) in [6.45, 7) is 5.79. The topological polar surface area (TPSA) is 85.1 Å². The summed E-state index contributed by atoms with van der Waals surface area (Å²) >= 11 is 1.13. The van der Waals surface area contributed by atoms with E-state index in [0.29, 0.717) is 10.9 Å². The molecule has 18 heavy (non-hydrogen) atoms. The van der Waals surface area contributed by atoms with Crippen LogP contribution in [0, 0.1) is 5.92 Å². The van der Waals surface area contributed by atoms with Gasteiger partial charge in [0.15, 0.2) is 15.7 Å². The molecule has 5 nitrogen and oxygen atoms in total. The molecule has 1 saturated carbocycles. The van der Waals surface area contributed by atoms with Gasteiger partial charge in [-0.25, -0.2) is 8.42 Å². The normalized spacial score (nSPS) is 16.8. The Kier molecular flexibility index (Phi) is 3.31. The molecular formula is C11H19N3O2S2. The number of hydrogen-bond acceptors (Lipinski definition) is 6. The molecule has 0 amide bonds. The number of sulfone groups is 1. The Labute approximate surface area is 112 Å². The highest BCUT2D eigenvalue weighted by Gasteiger charge is 2.39. The summed E-state index contributed by atoms with van der Waals surface area (Å²) < 4.78 is 28.0. The number of nitrogens with zero attached hydrogens (tertiary/aromatic N) is 1. The highest BCUT2D eigenvalue weighted by atomic mass is 32.2. The molecule has 1 aromatic rings. The summed E-state index contributed by atoms with van der Waals surface area (Å²) in [5, 5.41) is 3.88. The minimum Gasteiger partial charge on any atom is -0.382 e. The van der Waals surface area contributed by atoms with Crippen LogP contribution in [0.5, 0.6) is 0 Å². The van der Waals surface area contributed by atoms with Crippen molar-refractivity contribution >= 4 is 32.2 Å². The first-order valence-corrected chi connectivity index (χ1v) is 8.46. The molecule has 1 fully saturated rings. The standard InChI is InChI=1S/C11H19N3O2S2/c1-4-18(15,16)8-9(12)14-17-10(8)13-11(2,3)7-5-6-7/h7,13H,4-6H2,1-3H3,(H2,12,14). The summed E-state index contributed by atoms with van der Waals surface area (Å²) in [7, 11) is -3.33. The molecule has 0 saturated heterocycles. The molecule has 1 aliphatic carbocycles. The van der Waals surface area contributed by atoms with Crippen LogP contribution in [0.15, 0.2) is 4.90 Å². The van der Waals surface area contributed by atoms with E-state index in [1.54, 1.807) is 6.92 Å². The molecule has 0 spiro atoms. The predicted octanol–water partition coefficient (Wildman–Crippen LogP) is 2.12. The van der Waals surface area contributed by atoms with Crippen molar-refractivity contribution in [2.24, 2.45) is 5.92 Å². The maximum absolute atomic E-state index is 12.0. The lowest BCUT2D eigenvalue weighted by Gasteiger charge is -2.26. The van der Waals surface area contributed by atoms with E-state index in [1.165, 1.54) is 12.8 Å². The zero-order valence-electron chi connectivity index (χ0n) is 10.9. The summed E-state index contributed by atoms with van der Waals surface area (Å²) in [6.07, 6.45) is 2.37. The van der Waals surface area contributed by atoms with Gasteiger partial charge in [0.2, 0.25) is 0 Å². The Morgan fingerprint density at radius 1 is 1.50 bits per heavy atom. The molecule has 1 heterocycles. The van der Waals surface area contributed by atoms with Crippen LogP contribution in [-0.2, 0) is 9.84 Å². The van der Waals surface area contributed by atoms with Gasteiger partial charge < -0.3 is 11.1 Å². The fraction of sp³-hybridized carbons (Fsp3) is 0.727. The van der Waals surface area contributed by atoms with Gasteiger partial charge in [0.25, 0.3) is 0 Å². The second-order valence-corrected chi connectivity index (χ2v) is 8.24. The van der Waals surface area contributed by atoms with Gasteiger partial charge in [-0.15, -0.1) is 0 Å². The third kappa shape index (κ3) is 2.47. The molecule has 0 aliphatic heterocycles. The van der Waals surface area contributed by atoms with Crippen LogP contribution in [0.3, 0.4) is 0 Å². The third-order valence-electron chi connectivity index (χ3n) is 3.40. The van der Waals surface area contributed by atoms with Gasteiger partial charge in [0.1, 0.15) is 9.90 Å². The van der Waals surface area contributed by atoms with Crippen molar-refractivity contribution in [3.05, 3.63) is 0 Å². The smallest absolute Gasteiger partial charge is 0.184 e. The molecule has 1 aliphatic rings. The Morgan fingerprint density at radius 3 is 2.61 bits per heavy atom. The molecular weight excluding hydrogens is 270 g/mol. The largest absolute Gasteiger partial charge is 0.382 e. The monoisotopic (exact) mass is 289 g/mol. The molecule has 0 bridgehead atoms. The van der Waals surface area contributed by atoms with Crippen molar-refractivity contribution in [2.45, 2.75) is 44.0 Å².